The van der Waals surface area contributed by atoms with Crippen LogP contribution in [0.25, 0.3) is 0 Å². The van der Waals surface area contributed by atoms with Crippen LogP contribution in [0.2, 0.25) is 0 Å². The zero-order chi connectivity index (χ0) is 11.1. The van der Waals surface area contributed by atoms with E-state index in [-0.39, 0.29) is 6.04 Å². The minimum atomic E-state index is 0.224. The van der Waals surface area contributed by atoms with Crippen molar-refractivity contribution in [1.29, 1.82) is 0 Å². The average Bonchev–Trinajstić information content (AvgIpc) is 2.29. The van der Waals surface area contributed by atoms with Crippen LogP contribution in [0.5, 0.6) is 5.88 Å². The van der Waals surface area contributed by atoms with Crippen molar-refractivity contribution in [1.82, 2.24) is 9.97 Å². The molecule has 0 bridgehead atoms. The first-order valence-electron chi connectivity index (χ1n) is 4.92. The minimum Gasteiger partial charge on any atom is -0.481 e. The van der Waals surface area contributed by atoms with Crippen LogP contribution in [0.4, 0.5) is 5.95 Å². The molecule has 5 nitrogen and oxygen atoms in total. The SMILES string of the molecule is CCC(COC)Nc1nccc(OC)n1. The van der Waals surface area contributed by atoms with Gasteiger partial charge in [0.05, 0.1) is 19.8 Å². The molecule has 1 unspecified atom stereocenters. The zero-order valence-corrected chi connectivity index (χ0v) is 9.36. The molecular weight excluding hydrogens is 194 g/mol. The summed E-state index contributed by atoms with van der Waals surface area (Å²) in [6, 6.07) is 1.93. The number of rotatable bonds is 6. The molecule has 0 aromatic carbocycles. The lowest BCUT2D eigenvalue weighted by Crippen LogP contribution is -2.25. The molecule has 0 fully saturated rings. The maximum Gasteiger partial charge on any atom is 0.226 e. The summed E-state index contributed by atoms with van der Waals surface area (Å²) in [5.41, 5.74) is 0. The van der Waals surface area contributed by atoms with Gasteiger partial charge in [0.2, 0.25) is 11.8 Å². The lowest BCUT2D eigenvalue weighted by atomic mass is 10.2. The van der Waals surface area contributed by atoms with E-state index >= 15 is 0 Å². The summed E-state index contributed by atoms with van der Waals surface area (Å²) in [6.45, 7) is 2.72. The zero-order valence-electron chi connectivity index (χ0n) is 9.36. The van der Waals surface area contributed by atoms with E-state index in [9.17, 15) is 0 Å². The van der Waals surface area contributed by atoms with Gasteiger partial charge in [-0.2, -0.15) is 4.98 Å². The Morgan fingerprint density at radius 2 is 2.27 bits per heavy atom. The third-order valence-electron chi connectivity index (χ3n) is 2.03. The van der Waals surface area contributed by atoms with E-state index in [1.807, 2.05) is 0 Å². The fourth-order valence-corrected chi connectivity index (χ4v) is 1.17. The van der Waals surface area contributed by atoms with Gasteiger partial charge in [0, 0.05) is 19.4 Å². The maximum atomic E-state index is 5.07. The predicted molar refractivity (Wildman–Crippen MR) is 58.2 cm³/mol. The Bertz CT molecular complexity index is 294. The van der Waals surface area contributed by atoms with Gasteiger partial charge in [0.1, 0.15) is 0 Å². The Hall–Kier alpha value is -1.36. The summed E-state index contributed by atoms with van der Waals surface area (Å²) in [7, 11) is 3.26. The van der Waals surface area contributed by atoms with Gasteiger partial charge in [-0.05, 0) is 6.42 Å². The smallest absolute Gasteiger partial charge is 0.226 e. The Kier molecular flexibility index (Phi) is 4.83. The highest BCUT2D eigenvalue weighted by Crippen LogP contribution is 2.09. The molecule has 1 aromatic heterocycles. The van der Waals surface area contributed by atoms with Crippen molar-refractivity contribution in [2.24, 2.45) is 0 Å². The molecule has 0 aliphatic heterocycles. The summed E-state index contributed by atoms with van der Waals surface area (Å²) in [6.07, 6.45) is 2.61. The van der Waals surface area contributed by atoms with E-state index < -0.39 is 0 Å². The van der Waals surface area contributed by atoms with Crippen molar-refractivity contribution in [3.63, 3.8) is 0 Å². The van der Waals surface area contributed by atoms with Crippen LogP contribution in [-0.4, -0.2) is 36.8 Å². The Balaban J connectivity index is 2.61. The fourth-order valence-electron chi connectivity index (χ4n) is 1.17. The van der Waals surface area contributed by atoms with Crippen molar-refractivity contribution in [2.45, 2.75) is 19.4 Å². The first-order valence-corrected chi connectivity index (χ1v) is 4.92. The molecule has 84 valence electrons. The first-order chi connectivity index (χ1) is 7.30. The molecule has 1 atom stereocenters. The Morgan fingerprint density at radius 1 is 1.47 bits per heavy atom. The highest BCUT2D eigenvalue weighted by molar-refractivity contribution is 5.28. The second-order valence-electron chi connectivity index (χ2n) is 3.13. The topological polar surface area (TPSA) is 56.3 Å². The first kappa shape index (κ1) is 11.7. The maximum absolute atomic E-state index is 5.07. The summed E-state index contributed by atoms with van der Waals surface area (Å²) < 4.78 is 10.1. The van der Waals surface area contributed by atoms with Crippen LogP contribution in [-0.2, 0) is 4.74 Å². The molecule has 1 heterocycles. The van der Waals surface area contributed by atoms with Crippen LogP contribution in [0.3, 0.4) is 0 Å². The molecule has 0 saturated carbocycles. The molecule has 5 heteroatoms. The summed E-state index contributed by atoms with van der Waals surface area (Å²) in [5, 5.41) is 3.18. The molecule has 15 heavy (non-hydrogen) atoms. The van der Waals surface area contributed by atoms with E-state index in [2.05, 4.69) is 22.2 Å². The number of hydrogen-bond donors (Lipinski definition) is 1. The van der Waals surface area contributed by atoms with Gasteiger partial charge in [0.25, 0.3) is 0 Å². The molecule has 1 rings (SSSR count). The lowest BCUT2D eigenvalue weighted by molar-refractivity contribution is 0.184. The standard InChI is InChI=1S/C10H17N3O2/c1-4-8(7-14-2)12-10-11-6-5-9(13-10)15-3/h5-6,8H,4,7H2,1-3H3,(H,11,12,13). The van der Waals surface area contributed by atoms with Gasteiger partial charge in [0.15, 0.2) is 0 Å². The Morgan fingerprint density at radius 3 is 2.87 bits per heavy atom. The molecule has 0 saturated heterocycles. The number of ether oxygens (including phenoxy) is 2. The molecule has 1 N–H and O–H groups in total. The van der Waals surface area contributed by atoms with Crippen molar-refractivity contribution in [2.75, 3.05) is 26.1 Å². The van der Waals surface area contributed by atoms with E-state index in [1.165, 1.54) is 0 Å². The van der Waals surface area contributed by atoms with Crippen LogP contribution < -0.4 is 10.1 Å². The minimum absolute atomic E-state index is 0.224. The van der Waals surface area contributed by atoms with Gasteiger partial charge in [-0.25, -0.2) is 4.98 Å². The molecule has 0 spiro atoms. The van der Waals surface area contributed by atoms with Crippen molar-refractivity contribution in [3.05, 3.63) is 12.3 Å². The quantitative estimate of drug-likeness (QED) is 0.769. The number of nitrogens with one attached hydrogen (secondary N) is 1. The highest BCUT2D eigenvalue weighted by Gasteiger charge is 2.07. The summed E-state index contributed by atoms with van der Waals surface area (Å²) >= 11 is 0. The third kappa shape index (κ3) is 3.71. The fraction of sp³-hybridized carbons (Fsp3) is 0.600. The summed E-state index contributed by atoms with van der Waals surface area (Å²) in [5.74, 6) is 1.12. The molecule has 1 aromatic rings. The number of anilines is 1. The van der Waals surface area contributed by atoms with Crippen LogP contribution in [0.1, 0.15) is 13.3 Å². The van der Waals surface area contributed by atoms with Gasteiger partial charge in [-0.15, -0.1) is 0 Å². The third-order valence-corrected chi connectivity index (χ3v) is 2.03. The molecule has 0 aliphatic rings. The van der Waals surface area contributed by atoms with Crippen molar-refractivity contribution >= 4 is 5.95 Å². The Labute approximate surface area is 89.8 Å². The average molecular weight is 211 g/mol. The van der Waals surface area contributed by atoms with Gasteiger partial charge < -0.3 is 14.8 Å². The normalized spacial score (nSPS) is 12.2. The lowest BCUT2D eigenvalue weighted by Gasteiger charge is -2.15. The number of methoxy groups -OCH3 is 2. The van der Waals surface area contributed by atoms with Crippen molar-refractivity contribution in [3.8, 4) is 5.88 Å². The van der Waals surface area contributed by atoms with Gasteiger partial charge in [-0.3, -0.25) is 0 Å². The van der Waals surface area contributed by atoms with E-state index in [1.54, 1.807) is 26.5 Å². The highest BCUT2D eigenvalue weighted by atomic mass is 16.5. The number of aromatic nitrogens is 2. The van der Waals surface area contributed by atoms with Crippen LogP contribution in [0.15, 0.2) is 12.3 Å². The van der Waals surface area contributed by atoms with Crippen LogP contribution in [0, 0.1) is 0 Å². The molecule has 0 radical (unpaired) electrons. The van der Waals surface area contributed by atoms with E-state index in [0.717, 1.165) is 6.42 Å². The number of nitrogens with zero attached hydrogens (tertiary/aromatic N) is 2. The second kappa shape index (κ2) is 6.19. The monoisotopic (exact) mass is 211 g/mol. The molecular formula is C10H17N3O2. The second-order valence-corrected chi connectivity index (χ2v) is 3.13. The van der Waals surface area contributed by atoms with E-state index in [0.29, 0.717) is 18.4 Å². The van der Waals surface area contributed by atoms with Crippen LogP contribution >= 0.6 is 0 Å². The van der Waals surface area contributed by atoms with Gasteiger partial charge >= 0.3 is 0 Å². The largest absolute Gasteiger partial charge is 0.481 e. The number of hydrogen-bond acceptors (Lipinski definition) is 5. The van der Waals surface area contributed by atoms with E-state index in [4.69, 9.17) is 9.47 Å². The summed E-state index contributed by atoms with van der Waals surface area (Å²) in [4.78, 5) is 8.26. The van der Waals surface area contributed by atoms with Crippen molar-refractivity contribution < 1.29 is 9.47 Å². The van der Waals surface area contributed by atoms with Gasteiger partial charge in [-0.1, -0.05) is 6.92 Å². The predicted octanol–water partition coefficient (Wildman–Crippen LogP) is 1.32. The molecule has 0 aliphatic carbocycles. The molecule has 0 amide bonds.